The lowest BCUT2D eigenvalue weighted by Crippen LogP contribution is -2.35. The molecule has 0 amide bonds. The maximum Gasteiger partial charge on any atom is 0.305 e. The number of carboxylic acid groups (broad SMARTS) is 1. The molecule has 2 N–H and O–H groups in total. The van der Waals surface area contributed by atoms with Crippen LogP contribution >= 0.6 is 11.9 Å². The minimum absolute atomic E-state index is 0.00512. The molecule has 0 aliphatic heterocycles. The van der Waals surface area contributed by atoms with Crippen molar-refractivity contribution in [2.75, 3.05) is 30.4 Å². The van der Waals surface area contributed by atoms with Crippen LogP contribution in [0.4, 0.5) is 11.4 Å². The average Bonchev–Trinajstić information content (AvgIpc) is 2.80. The fourth-order valence-electron chi connectivity index (χ4n) is 3.56. The second-order valence-electron chi connectivity index (χ2n) is 7.18. The molecule has 166 valence electrons. The van der Waals surface area contributed by atoms with Crippen LogP contribution < -0.4 is 19.1 Å². The van der Waals surface area contributed by atoms with Crippen LogP contribution in [-0.4, -0.2) is 37.9 Å². The summed E-state index contributed by atoms with van der Waals surface area (Å²) in [7, 11) is 3.22. The van der Waals surface area contributed by atoms with Crippen molar-refractivity contribution < 1.29 is 19.4 Å². The molecule has 0 saturated heterocycles. The Hall–Kier alpha value is -3.50. The number of terminal acetylenes is 1. The van der Waals surface area contributed by atoms with E-state index in [1.807, 2.05) is 66.4 Å². The second kappa shape index (κ2) is 10.7. The minimum atomic E-state index is -0.853. The number of anilines is 2. The van der Waals surface area contributed by atoms with Gasteiger partial charge in [-0.2, -0.15) is 0 Å². The smallest absolute Gasteiger partial charge is 0.305 e. The highest BCUT2D eigenvalue weighted by molar-refractivity contribution is 8.00. The summed E-state index contributed by atoms with van der Waals surface area (Å²) >= 11 is 1.47. The highest BCUT2D eigenvalue weighted by Crippen LogP contribution is 2.37. The Labute approximate surface area is 192 Å². The van der Waals surface area contributed by atoms with Gasteiger partial charge in [-0.1, -0.05) is 30.2 Å². The van der Waals surface area contributed by atoms with Crippen LogP contribution in [0.2, 0.25) is 0 Å². The summed E-state index contributed by atoms with van der Waals surface area (Å²) in [5, 5.41) is 11.3. The zero-order valence-electron chi connectivity index (χ0n) is 18.3. The minimum Gasteiger partial charge on any atom is -0.493 e. The van der Waals surface area contributed by atoms with Gasteiger partial charge in [0.1, 0.15) is 0 Å². The van der Waals surface area contributed by atoms with Crippen molar-refractivity contribution in [2.24, 2.45) is 0 Å². The molecule has 0 aliphatic carbocycles. The van der Waals surface area contributed by atoms with E-state index in [4.69, 9.17) is 15.9 Å². The molecule has 1 atom stereocenters. The predicted molar refractivity (Wildman–Crippen MR) is 131 cm³/mol. The number of carbonyl (C=O) groups is 1. The van der Waals surface area contributed by atoms with E-state index in [0.29, 0.717) is 18.0 Å². The molecule has 32 heavy (non-hydrogen) atoms. The molecule has 0 radical (unpaired) electrons. The van der Waals surface area contributed by atoms with Crippen molar-refractivity contribution in [3.8, 4) is 23.8 Å². The first-order chi connectivity index (χ1) is 15.5. The lowest BCUT2D eigenvalue weighted by atomic mass is 10.0. The molecule has 0 heterocycles. The molecule has 3 aromatic rings. The number of aliphatic carboxylic acids is 1. The predicted octanol–water partition coefficient (Wildman–Crippen LogP) is 5.28. The van der Waals surface area contributed by atoms with E-state index in [0.717, 1.165) is 27.0 Å². The molecule has 3 aromatic carbocycles. The average molecular weight is 451 g/mol. The van der Waals surface area contributed by atoms with E-state index >= 15 is 0 Å². The zero-order valence-corrected chi connectivity index (χ0v) is 19.1. The van der Waals surface area contributed by atoms with Crippen LogP contribution in [0.5, 0.6) is 11.5 Å². The summed E-state index contributed by atoms with van der Waals surface area (Å²) in [5.74, 6) is 3.14. The van der Waals surface area contributed by atoms with Gasteiger partial charge in [-0.25, -0.2) is 0 Å². The van der Waals surface area contributed by atoms with Crippen molar-refractivity contribution in [1.29, 1.82) is 0 Å². The first-order valence-corrected chi connectivity index (χ1v) is 10.9. The molecule has 7 heteroatoms. The Balaban J connectivity index is 1.92. The summed E-state index contributed by atoms with van der Waals surface area (Å²) < 4.78 is 14.1. The lowest BCUT2D eigenvalue weighted by molar-refractivity contribution is -0.137. The third-order valence-electron chi connectivity index (χ3n) is 5.11. The molecule has 3 rings (SSSR count). The maximum atomic E-state index is 11.3. The maximum absolute atomic E-state index is 11.3. The van der Waals surface area contributed by atoms with E-state index in [9.17, 15) is 9.90 Å². The third-order valence-corrected chi connectivity index (χ3v) is 5.92. The van der Waals surface area contributed by atoms with Crippen LogP contribution in [-0.2, 0) is 4.79 Å². The van der Waals surface area contributed by atoms with Gasteiger partial charge in [-0.05, 0) is 49.2 Å². The van der Waals surface area contributed by atoms with Gasteiger partial charge in [-0.3, -0.25) is 4.79 Å². The van der Waals surface area contributed by atoms with Crippen LogP contribution in [0.1, 0.15) is 13.3 Å². The Morgan fingerprint density at radius 1 is 1.12 bits per heavy atom. The highest BCUT2D eigenvalue weighted by atomic mass is 32.2. The van der Waals surface area contributed by atoms with Crippen molar-refractivity contribution in [3.63, 3.8) is 0 Å². The normalized spacial score (nSPS) is 11.4. The van der Waals surface area contributed by atoms with Gasteiger partial charge in [0.2, 0.25) is 0 Å². The molecule has 6 nitrogen and oxygen atoms in total. The third kappa shape index (κ3) is 5.21. The highest BCUT2D eigenvalue weighted by Gasteiger charge is 2.19. The van der Waals surface area contributed by atoms with Gasteiger partial charge in [0, 0.05) is 27.4 Å². The van der Waals surface area contributed by atoms with E-state index in [1.165, 1.54) is 11.9 Å². The Morgan fingerprint density at radius 3 is 2.50 bits per heavy atom. The van der Waals surface area contributed by atoms with Gasteiger partial charge >= 0.3 is 5.97 Å². The molecule has 0 aromatic heterocycles. The number of methoxy groups -OCH3 is 2. The zero-order chi connectivity index (χ0) is 23.1. The number of hydrogen-bond acceptors (Lipinski definition) is 6. The van der Waals surface area contributed by atoms with Crippen LogP contribution in [0, 0.1) is 12.3 Å². The van der Waals surface area contributed by atoms with E-state index in [2.05, 4.69) is 10.6 Å². The lowest BCUT2D eigenvalue weighted by Gasteiger charge is -2.30. The van der Waals surface area contributed by atoms with Crippen molar-refractivity contribution >= 4 is 40.1 Å². The van der Waals surface area contributed by atoms with Crippen molar-refractivity contribution in [1.82, 2.24) is 0 Å². The summed E-state index contributed by atoms with van der Waals surface area (Å²) in [6.07, 6.45) is 5.60. The number of hydrogen-bond donors (Lipinski definition) is 2. The number of benzene rings is 3. The SMILES string of the molecule is C#CCN(c1ccc(NSc2ccc(OC)c(OC)c2)c2ccccc12)[C@@H](C)CC(=O)O. The van der Waals surface area contributed by atoms with Crippen molar-refractivity contribution in [2.45, 2.75) is 24.3 Å². The van der Waals surface area contributed by atoms with Gasteiger partial charge in [0.15, 0.2) is 11.5 Å². The first kappa shape index (κ1) is 23.2. The first-order valence-electron chi connectivity index (χ1n) is 10.1. The van der Waals surface area contributed by atoms with Crippen LogP contribution in [0.15, 0.2) is 59.5 Å². The van der Waals surface area contributed by atoms with Crippen LogP contribution in [0.3, 0.4) is 0 Å². The molecule has 0 unspecified atom stereocenters. The molecule has 0 saturated carbocycles. The summed E-state index contributed by atoms with van der Waals surface area (Å²) in [5.41, 5.74) is 1.85. The van der Waals surface area contributed by atoms with Gasteiger partial charge in [0.05, 0.1) is 32.9 Å². The molecule has 0 spiro atoms. The van der Waals surface area contributed by atoms with E-state index in [-0.39, 0.29) is 12.5 Å². The number of fused-ring (bicyclic) bond motifs is 1. The summed E-state index contributed by atoms with van der Waals surface area (Å²) in [6.45, 7) is 2.20. The fourth-order valence-corrected chi connectivity index (χ4v) is 4.26. The summed E-state index contributed by atoms with van der Waals surface area (Å²) in [4.78, 5) is 14.2. The van der Waals surface area contributed by atoms with Crippen LogP contribution in [0.25, 0.3) is 10.8 Å². The molecular formula is C25H26N2O4S. The Kier molecular flexibility index (Phi) is 7.74. The fraction of sp³-hybridized carbons (Fsp3) is 0.240. The topological polar surface area (TPSA) is 71.0 Å². The number of rotatable bonds is 10. The monoisotopic (exact) mass is 450 g/mol. The van der Waals surface area contributed by atoms with Gasteiger partial charge < -0.3 is 24.2 Å². The number of nitrogens with one attached hydrogen (secondary N) is 1. The van der Waals surface area contributed by atoms with Gasteiger partial charge in [0.25, 0.3) is 0 Å². The second-order valence-corrected chi connectivity index (χ2v) is 8.06. The summed E-state index contributed by atoms with van der Waals surface area (Å²) in [6, 6.07) is 17.5. The molecular weight excluding hydrogens is 424 g/mol. The van der Waals surface area contributed by atoms with E-state index in [1.54, 1.807) is 14.2 Å². The van der Waals surface area contributed by atoms with E-state index < -0.39 is 5.97 Å². The number of carboxylic acids is 1. The molecule has 0 aliphatic rings. The van der Waals surface area contributed by atoms with Crippen molar-refractivity contribution in [3.05, 3.63) is 54.6 Å². The molecule has 0 bridgehead atoms. The number of ether oxygens (including phenoxy) is 2. The molecule has 0 fully saturated rings. The quantitative estimate of drug-likeness (QED) is 0.322. The Morgan fingerprint density at radius 2 is 1.84 bits per heavy atom. The standard InChI is InChI=1S/C25H26N2O4S/c1-5-14-27(17(2)15-25(28)29)22-12-11-21(19-8-6-7-9-20(19)22)26-32-18-10-13-23(30-3)24(16-18)31-4/h1,6-13,16-17,26H,14-15H2,2-4H3,(H,28,29)/t17-/m0/s1. The largest absolute Gasteiger partial charge is 0.493 e. The Bertz CT molecular complexity index is 1140. The van der Waals surface area contributed by atoms with Gasteiger partial charge in [-0.15, -0.1) is 6.42 Å². The number of nitrogens with zero attached hydrogens (tertiary/aromatic N) is 1.